The number of carboxylic acid groups (broad SMARTS) is 2. The Kier molecular flexibility index (Phi) is 1.37. The quantitative estimate of drug-likeness (QED) is 0.490. The lowest BCUT2D eigenvalue weighted by Crippen LogP contribution is -2.63. The molecule has 10 heavy (non-hydrogen) atoms. The molecule has 0 radical (unpaired) electrons. The highest BCUT2D eigenvalue weighted by Crippen LogP contribution is 2.20. The Morgan fingerprint density at radius 1 is 1.10 bits per heavy atom. The van der Waals surface area contributed by atoms with Crippen LogP contribution in [0.25, 0.3) is 0 Å². The zero-order valence-electron chi connectivity index (χ0n) is 5.28. The minimum absolute atomic E-state index is 0.213. The van der Waals surface area contributed by atoms with Gasteiger partial charge in [0.05, 0.1) is 0 Å². The molecule has 2 amide bonds. The van der Waals surface area contributed by atoms with Crippen molar-refractivity contribution in [1.29, 1.82) is 0 Å². The molecule has 2 N–H and O–H groups in total. The molecule has 1 fully saturated rings. The van der Waals surface area contributed by atoms with E-state index in [4.69, 9.17) is 10.2 Å². The Morgan fingerprint density at radius 2 is 1.50 bits per heavy atom. The molecule has 5 heteroatoms. The maximum absolute atomic E-state index is 10.3. The third kappa shape index (κ3) is 0.672. The molecule has 1 rings (SSSR count). The third-order valence-electron chi connectivity index (χ3n) is 1.81. The molecule has 1 heterocycles. The molecule has 0 aliphatic carbocycles. The second-order valence-corrected chi connectivity index (χ2v) is 2.33. The van der Waals surface area contributed by atoms with Crippen LogP contribution in [0.4, 0.5) is 9.59 Å². The summed E-state index contributed by atoms with van der Waals surface area (Å²) in [4.78, 5) is 20.7. The number of rotatable bonds is 0. The first-order valence-corrected chi connectivity index (χ1v) is 2.94. The summed E-state index contributed by atoms with van der Waals surface area (Å²) in [5.74, 6) is 0. The molecule has 1 saturated heterocycles. The number of carbonyl (C=O) groups is 2. The van der Waals surface area contributed by atoms with Crippen LogP contribution >= 0.6 is 0 Å². The van der Waals surface area contributed by atoms with Gasteiger partial charge in [0.1, 0.15) is 13.1 Å². The van der Waals surface area contributed by atoms with E-state index in [-0.39, 0.29) is 13.1 Å². The molecule has 56 valence electrons. The van der Waals surface area contributed by atoms with Gasteiger partial charge in [0.15, 0.2) is 0 Å². The predicted molar refractivity (Wildman–Crippen MR) is 30.7 cm³/mol. The first-order valence-electron chi connectivity index (χ1n) is 2.94. The molecule has 0 spiro atoms. The molecular formula is C5H8NO4+. The van der Waals surface area contributed by atoms with Gasteiger partial charge in [-0.2, -0.15) is 9.59 Å². The van der Waals surface area contributed by atoms with Gasteiger partial charge in [-0.1, -0.05) is 0 Å². The Labute approximate surface area is 57.1 Å². The van der Waals surface area contributed by atoms with E-state index in [1.165, 1.54) is 0 Å². The number of nitrogens with zero attached hydrogens (tertiary/aromatic N) is 1. The SMILES string of the molecule is O=C(O)[N+]1(C(=O)O)CCC1. The van der Waals surface area contributed by atoms with Crippen molar-refractivity contribution < 1.29 is 24.3 Å². The molecule has 0 aromatic rings. The summed E-state index contributed by atoms with van der Waals surface area (Å²) in [6.07, 6.45) is -1.85. The summed E-state index contributed by atoms with van der Waals surface area (Å²) in [5, 5.41) is 16.9. The Hall–Kier alpha value is -1.10. The number of imide groups is 1. The van der Waals surface area contributed by atoms with E-state index in [2.05, 4.69) is 0 Å². The molecular weight excluding hydrogens is 138 g/mol. The molecule has 0 atom stereocenters. The van der Waals surface area contributed by atoms with Crippen molar-refractivity contribution >= 4 is 12.2 Å². The number of hydrogen-bond acceptors (Lipinski definition) is 2. The molecule has 0 saturated carbocycles. The van der Waals surface area contributed by atoms with Crippen LogP contribution in [-0.2, 0) is 0 Å². The van der Waals surface area contributed by atoms with Crippen LogP contribution in [0, 0.1) is 0 Å². The van der Waals surface area contributed by atoms with Gasteiger partial charge in [-0.25, -0.2) is 0 Å². The van der Waals surface area contributed by atoms with Gasteiger partial charge < -0.3 is 10.2 Å². The Morgan fingerprint density at radius 3 is 1.50 bits per heavy atom. The number of hydrogen-bond donors (Lipinski definition) is 2. The van der Waals surface area contributed by atoms with Gasteiger partial charge in [0, 0.05) is 6.42 Å². The first kappa shape index (κ1) is 7.01. The second kappa shape index (κ2) is 1.95. The minimum Gasteiger partial charge on any atom is -0.435 e. The van der Waals surface area contributed by atoms with Crippen molar-refractivity contribution in [3.05, 3.63) is 0 Å². The lowest BCUT2D eigenvalue weighted by molar-refractivity contribution is -0.825. The molecule has 1 aliphatic rings. The maximum atomic E-state index is 10.3. The summed E-state index contributed by atoms with van der Waals surface area (Å²) in [7, 11) is 0. The average molecular weight is 146 g/mol. The summed E-state index contributed by atoms with van der Waals surface area (Å²) < 4.78 is -0.806. The van der Waals surface area contributed by atoms with Gasteiger partial charge in [-0.15, -0.1) is 4.48 Å². The first-order chi connectivity index (χ1) is 4.59. The minimum atomic E-state index is -1.27. The van der Waals surface area contributed by atoms with Crippen LogP contribution < -0.4 is 0 Å². The fraction of sp³-hybridized carbons (Fsp3) is 0.600. The lowest BCUT2D eigenvalue weighted by atomic mass is 10.2. The fourth-order valence-corrected chi connectivity index (χ4v) is 0.939. The van der Waals surface area contributed by atoms with Gasteiger partial charge in [-0.05, 0) is 0 Å². The highest BCUT2D eigenvalue weighted by molar-refractivity contribution is 5.74. The smallest absolute Gasteiger partial charge is 0.435 e. The van der Waals surface area contributed by atoms with E-state index in [0.717, 1.165) is 0 Å². The van der Waals surface area contributed by atoms with Crippen molar-refractivity contribution in [2.75, 3.05) is 13.1 Å². The number of amides is 2. The molecule has 0 unspecified atom stereocenters. The van der Waals surface area contributed by atoms with E-state index in [9.17, 15) is 9.59 Å². The monoisotopic (exact) mass is 146 g/mol. The Balaban J connectivity index is 2.78. The predicted octanol–water partition coefficient (Wildman–Crippen LogP) is 0.563. The third-order valence-corrected chi connectivity index (χ3v) is 1.81. The number of likely N-dealkylation sites (tertiary alicyclic amines) is 1. The van der Waals surface area contributed by atoms with Crippen molar-refractivity contribution in [3.8, 4) is 0 Å². The van der Waals surface area contributed by atoms with E-state index in [0.29, 0.717) is 6.42 Å². The van der Waals surface area contributed by atoms with E-state index in [1.54, 1.807) is 0 Å². The molecule has 1 aliphatic heterocycles. The zero-order valence-corrected chi connectivity index (χ0v) is 5.28. The Bertz CT molecular complexity index is 168. The highest BCUT2D eigenvalue weighted by Gasteiger charge is 2.51. The summed E-state index contributed by atoms with van der Waals surface area (Å²) in [6, 6.07) is 0. The lowest BCUT2D eigenvalue weighted by Gasteiger charge is -2.33. The van der Waals surface area contributed by atoms with Crippen LogP contribution in [0.15, 0.2) is 0 Å². The topological polar surface area (TPSA) is 74.6 Å². The van der Waals surface area contributed by atoms with Crippen LogP contribution in [0.5, 0.6) is 0 Å². The normalized spacial score (nSPS) is 21.2. The van der Waals surface area contributed by atoms with E-state index < -0.39 is 16.7 Å². The molecule has 5 nitrogen and oxygen atoms in total. The largest absolute Gasteiger partial charge is 0.524 e. The summed E-state index contributed by atoms with van der Waals surface area (Å²) in [5.41, 5.74) is 0. The zero-order chi connectivity index (χ0) is 7.78. The maximum Gasteiger partial charge on any atom is 0.524 e. The van der Waals surface area contributed by atoms with Gasteiger partial charge >= 0.3 is 12.2 Å². The molecule has 0 bridgehead atoms. The van der Waals surface area contributed by atoms with Crippen LogP contribution in [0.2, 0.25) is 0 Å². The second-order valence-electron chi connectivity index (χ2n) is 2.33. The van der Waals surface area contributed by atoms with Crippen LogP contribution in [0.1, 0.15) is 6.42 Å². The van der Waals surface area contributed by atoms with Crippen molar-refractivity contribution in [3.63, 3.8) is 0 Å². The standard InChI is InChI=1S/C5H7NO4/c7-4(8)6(5(9)10)2-1-3-6/h1-3H2,(H-,7,8,9,10)/p+1. The molecule has 0 aromatic heterocycles. The van der Waals surface area contributed by atoms with E-state index in [1.807, 2.05) is 0 Å². The van der Waals surface area contributed by atoms with Crippen molar-refractivity contribution in [1.82, 2.24) is 0 Å². The van der Waals surface area contributed by atoms with Gasteiger partial charge in [0.2, 0.25) is 0 Å². The summed E-state index contributed by atoms with van der Waals surface area (Å²) >= 11 is 0. The average Bonchev–Trinajstić information content (AvgIpc) is 1.57. The number of quaternary nitrogens is 1. The van der Waals surface area contributed by atoms with E-state index >= 15 is 0 Å². The summed E-state index contributed by atoms with van der Waals surface area (Å²) in [6.45, 7) is 0.426. The van der Waals surface area contributed by atoms with Crippen molar-refractivity contribution in [2.24, 2.45) is 0 Å². The highest BCUT2D eigenvalue weighted by atomic mass is 16.4. The van der Waals surface area contributed by atoms with Crippen molar-refractivity contribution in [2.45, 2.75) is 6.42 Å². The van der Waals surface area contributed by atoms with Crippen LogP contribution in [0.3, 0.4) is 0 Å². The van der Waals surface area contributed by atoms with Gasteiger partial charge in [0.25, 0.3) is 0 Å². The van der Waals surface area contributed by atoms with Gasteiger partial charge in [-0.3, -0.25) is 0 Å². The fourth-order valence-electron chi connectivity index (χ4n) is 0.939. The molecule has 0 aromatic carbocycles. The van der Waals surface area contributed by atoms with Crippen LogP contribution in [-0.4, -0.2) is 40.0 Å².